The van der Waals surface area contributed by atoms with E-state index in [2.05, 4.69) is 22.0 Å². The third-order valence-electron chi connectivity index (χ3n) is 4.82. The quantitative estimate of drug-likeness (QED) is 0.911. The Morgan fingerprint density at radius 3 is 2.29 bits per heavy atom. The van der Waals surface area contributed by atoms with Gasteiger partial charge in [-0.15, -0.1) is 0 Å². The number of aliphatic hydroxyl groups excluding tert-OH is 1. The predicted octanol–water partition coefficient (Wildman–Crippen LogP) is 2.65. The van der Waals surface area contributed by atoms with E-state index in [9.17, 15) is 9.90 Å². The number of aromatic amines is 1. The summed E-state index contributed by atoms with van der Waals surface area (Å²) in [7, 11) is 0. The van der Waals surface area contributed by atoms with Crippen molar-refractivity contribution in [1.29, 1.82) is 0 Å². The van der Waals surface area contributed by atoms with E-state index in [4.69, 9.17) is 0 Å². The summed E-state index contributed by atoms with van der Waals surface area (Å²) >= 11 is 0. The highest BCUT2D eigenvalue weighted by molar-refractivity contribution is 5.94. The summed E-state index contributed by atoms with van der Waals surface area (Å²) in [5.74, 6) is 0.0233. The summed E-state index contributed by atoms with van der Waals surface area (Å²) in [6.45, 7) is 8.61. The van der Waals surface area contributed by atoms with Crippen LogP contribution in [0, 0.1) is 13.8 Å². The molecule has 5 heteroatoms. The van der Waals surface area contributed by atoms with Crippen LogP contribution in [-0.4, -0.2) is 47.1 Å². The number of benzene rings is 1. The Balaban J connectivity index is 1.71. The van der Waals surface area contributed by atoms with Crippen LogP contribution in [0.1, 0.15) is 40.3 Å². The lowest BCUT2D eigenvalue weighted by atomic mass is 10.1. The minimum absolute atomic E-state index is 0.0233. The zero-order chi connectivity index (χ0) is 17.3. The van der Waals surface area contributed by atoms with Gasteiger partial charge < -0.3 is 19.9 Å². The van der Waals surface area contributed by atoms with Crippen LogP contribution in [0.2, 0.25) is 0 Å². The molecule has 2 heterocycles. The number of para-hydroxylation sites is 1. The van der Waals surface area contributed by atoms with E-state index in [1.54, 1.807) is 6.92 Å². The zero-order valence-electron chi connectivity index (χ0n) is 14.5. The van der Waals surface area contributed by atoms with Crippen LogP contribution in [0.3, 0.4) is 0 Å². The number of hydrogen-bond donors (Lipinski definition) is 2. The average molecular weight is 327 g/mol. The van der Waals surface area contributed by atoms with Gasteiger partial charge in [0.05, 0.1) is 6.10 Å². The van der Waals surface area contributed by atoms with Gasteiger partial charge in [-0.05, 0) is 38.5 Å². The molecule has 5 nitrogen and oxygen atoms in total. The number of H-pyrrole nitrogens is 1. The normalized spacial score (nSPS) is 16.3. The molecular weight excluding hydrogens is 302 g/mol. The first-order valence-corrected chi connectivity index (χ1v) is 8.45. The van der Waals surface area contributed by atoms with E-state index in [-0.39, 0.29) is 5.91 Å². The third-order valence-corrected chi connectivity index (χ3v) is 4.82. The number of aryl methyl sites for hydroxylation is 1. The van der Waals surface area contributed by atoms with Gasteiger partial charge in [0.1, 0.15) is 5.69 Å². The molecule has 0 aliphatic carbocycles. The molecule has 1 aromatic carbocycles. The van der Waals surface area contributed by atoms with E-state index < -0.39 is 6.10 Å². The Kier molecular flexibility index (Phi) is 4.62. The Morgan fingerprint density at radius 1 is 1.12 bits per heavy atom. The highest BCUT2D eigenvalue weighted by atomic mass is 16.3. The molecule has 1 aliphatic heterocycles. The Morgan fingerprint density at radius 2 is 1.75 bits per heavy atom. The van der Waals surface area contributed by atoms with E-state index in [1.807, 2.05) is 36.9 Å². The third kappa shape index (κ3) is 3.04. The molecule has 0 saturated carbocycles. The van der Waals surface area contributed by atoms with Crippen molar-refractivity contribution < 1.29 is 9.90 Å². The predicted molar refractivity (Wildman–Crippen MR) is 95.5 cm³/mol. The van der Waals surface area contributed by atoms with Crippen molar-refractivity contribution >= 4 is 11.6 Å². The molecule has 0 radical (unpaired) electrons. The largest absolute Gasteiger partial charge is 0.389 e. The highest BCUT2D eigenvalue weighted by Gasteiger charge is 2.26. The van der Waals surface area contributed by atoms with Crippen LogP contribution >= 0.6 is 0 Å². The fraction of sp³-hybridized carbons (Fsp3) is 0.421. The van der Waals surface area contributed by atoms with Crippen LogP contribution in [0.15, 0.2) is 30.3 Å². The minimum Gasteiger partial charge on any atom is -0.389 e. The van der Waals surface area contributed by atoms with Crippen molar-refractivity contribution in [3.63, 3.8) is 0 Å². The second-order valence-corrected chi connectivity index (χ2v) is 6.45. The van der Waals surface area contributed by atoms with Gasteiger partial charge in [-0.2, -0.15) is 0 Å². The first kappa shape index (κ1) is 16.6. The minimum atomic E-state index is -0.572. The summed E-state index contributed by atoms with van der Waals surface area (Å²) in [5.41, 5.74) is 4.37. The lowest BCUT2D eigenvalue weighted by Crippen LogP contribution is -2.49. The lowest BCUT2D eigenvalue weighted by molar-refractivity contribution is 0.0740. The number of aromatic nitrogens is 1. The van der Waals surface area contributed by atoms with E-state index in [0.717, 1.165) is 29.9 Å². The summed E-state index contributed by atoms with van der Waals surface area (Å²) in [6, 6.07) is 10.3. The number of aliphatic hydroxyl groups is 1. The number of rotatable bonds is 3. The number of nitrogens with one attached hydrogen (secondary N) is 1. The number of amides is 1. The van der Waals surface area contributed by atoms with Crippen LogP contribution < -0.4 is 4.90 Å². The Labute approximate surface area is 142 Å². The molecule has 1 aliphatic rings. The molecule has 2 aromatic rings. The molecular formula is C19H25N3O2. The van der Waals surface area contributed by atoms with Crippen LogP contribution in [0.4, 0.5) is 5.69 Å². The zero-order valence-corrected chi connectivity index (χ0v) is 14.5. The van der Waals surface area contributed by atoms with Gasteiger partial charge in [-0.3, -0.25) is 4.79 Å². The smallest absolute Gasteiger partial charge is 0.270 e. The van der Waals surface area contributed by atoms with Gasteiger partial charge in [0, 0.05) is 43.1 Å². The van der Waals surface area contributed by atoms with Crippen molar-refractivity contribution in [3.05, 3.63) is 52.8 Å². The second-order valence-electron chi connectivity index (χ2n) is 6.45. The molecule has 1 saturated heterocycles. The Hall–Kier alpha value is -2.27. The molecule has 24 heavy (non-hydrogen) atoms. The van der Waals surface area contributed by atoms with Gasteiger partial charge in [0.15, 0.2) is 0 Å². The number of anilines is 1. The molecule has 1 aromatic heterocycles. The number of carbonyl (C=O) groups excluding carboxylic acids is 1. The molecule has 2 N–H and O–H groups in total. The van der Waals surface area contributed by atoms with E-state index in [1.165, 1.54) is 5.69 Å². The van der Waals surface area contributed by atoms with Gasteiger partial charge in [-0.1, -0.05) is 18.2 Å². The Bertz CT molecular complexity index is 714. The molecule has 0 bridgehead atoms. The maximum Gasteiger partial charge on any atom is 0.270 e. The summed E-state index contributed by atoms with van der Waals surface area (Å²) in [4.78, 5) is 20.2. The molecule has 1 amide bonds. The first-order valence-electron chi connectivity index (χ1n) is 8.45. The monoisotopic (exact) mass is 327 g/mol. The number of hydrogen-bond acceptors (Lipinski definition) is 3. The molecule has 1 atom stereocenters. The highest BCUT2D eigenvalue weighted by Crippen LogP contribution is 2.26. The molecule has 128 valence electrons. The fourth-order valence-electron chi connectivity index (χ4n) is 3.57. The van der Waals surface area contributed by atoms with E-state index in [0.29, 0.717) is 18.8 Å². The van der Waals surface area contributed by atoms with E-state index >= 15 is 0 Å². The van der Waals surface area contributed by atoms with Crippen molar-refractivity contribution in [3.8, 4) is 0 Å². The van der Waals surface area contributed by atoms with Crippen LogP contribution in [0.5, 0.6) is 0 Å². The second kappa shape index (κ2) is 6.69. The molecule has 0 unspecified atom stereocenters. The standard InChI is InChI=1S/C19H25N3O2/c1-13-17(15(3)23)14(2)20-18(13)19(24)22-11-9-21(10-12-22)16-7-5-4-6-8-16/h4-8,15,20,23H,9-12H2,1-3H3/t15-/m0/s1. The van der Waals surface area contributed by atoms with Crippen LogP contribution in [0.25, 0.3) is 0 Å². The number of piperazine rings is 1. The molecule has 0 spiro atoms. The van der Waals surface area contributed by atoms with Gasteiger partial charge in [0.25, 0.3) is 5.91 Å². The first-order chi connectivity index (χ1) is 11.5. The average Bonchev–Trinajstić information content (AvgIpc) is 2.89. The lowest BCUT2D eigenvalue weighted by Gasteiger charge is -2.36. The fourth-order valence-corrected chi connectivity index (χ4v) is 3.57. The summed E-state index contributed by atoms with van der Waals surface area (Å²) < 4.78 is 0. The maximum atomic E-state index is 12.8. The van der Waals surface area contributed by atoms with Crippen LogP contribution in [-0.2, 0) is 0 Å². The van der Waals surface area contributed by atoms with Crippen molar-refractivity contribution in [2.24, 2.45) is 0 Å². The molecule has 3 rings (SSSR count). The van der Waals surface area contributed by atoms with Crippen molar-refractivity contribution in [2.45, 2.75) is 26.9 Å². The summed E-state index contributed by atoms with van der Waals surface area (Å²) in [5, 5.41) is 9.90. The SMILES string of the molecule is Cc1[nH]c(C(=O)N2CCN(c3ccccc3)CC2)c(C)c1[C@H](C)O. The number of carbonyl (C=O) groups is 1. The van der Waals surface area contributed by atoms with Crippen molar-refractivity contribution in [2.75, 3.05) is 31.1 Å². The number of nitrogens with zero attached hydrogens (tertiary/aromatic N) is 2. The maximum absolute atomic E-state index is 12.8. The summed E-state index contributed by atoms with van der Waals surface area (Å²) in [6.07, 6.45) is -0.572. The topological polar surface area (TPSA) is 59.6 Å². The van der Waals surface area contributed by atoms with Gasteiger partial charge >= 0.3 is 0 Å². The molecule has 1 fully saturated rings. The van der Waals surface area contributed by atoms with Gasteiger partial charge in [-0.25, -0.2) is 0 Å². The van der Waals surface area contributed by atoms with Gasteiger partial charge in [0.2, 0.25) is 0 Å². The van der Waals surface area contributed by atoms with Crippen molar-refractivity contribution in [1.82, 2.24) is 9.88 Å².